The molecule has 0 rings (SSSR count). The van der Waals surface area contributed by atoms with E-state index in [4.69, 9.17) is 10.8 Å². The number of aliphatic hydroxyl groups excluding tert-OH is 1. The number of carbonyl (C=O) groups excluding carboxylic acids is 1. The first-order valence-corrected chi connectivity index (χ1v) is 4.18. The van der Waals surface area contributed by atoms with Gasteiger partial charge in [-0.1, -0.05) is 0 Å². The minimum Gasteiger partial charge on any atom is -0.389 e. The van der Waals surface area contributed by atoms with E-state index in [2.05, 4.69) is 5.32 Å². The van der Waals surface area contributed by atoms with Crippen LogP contribution < -0.4 is 11.1 Å². The number of hydrogen-bond acceptors (Lipinski definition) is 4. The van der Waals surface area contributed by atoms with Crippen LogP contribution in [0.5, 0.6) is 0 Å². The number of hydrogen-bond donors (Lipinski definition) is 4. The van der Waals surface area contributed by atoms with Gasteiger partial charge in [0.25, 0.3) is 0 Å². The molecule has 78 valence electrons. The molecule has 0 saturated carbocycles. The molecular formula is C8H18N2O3. The fourth-order valence-electron chi connectivity index (χ4n) is 0.639. The number of nitrogens with one attached hydrogen (secondary N) is 1. The van der Waals surface area contributed by atoms with Gasteiger partial charge < -0.3 is 21.3 Å². The molecule has 1 amide bonds. The molecule has 5 heteroatoms. The summed E-state index contributed by atoms with van der Waals surface area (Å²) in [5.74, 6) is -0.768. The molecule has 0 heterocycles. The van der Waals surface area contributed by atoms with Crippen molar-refractivity contribution in [3.8, 4) is 0 Å². The predicted molar refractivity (Wildman–Crippen MR) is 49.0 cm³/mol. The Balaban J connectivity index is 3.83. The van der Waals surface area contributed by atoms with E-state index in [-0.39, 0.29) is 12.6 Å². The van der Waals surface area contributed by atoms with Crippen molar-refractivity contribution < 1.29 is 15.0 Å². The molecule has 0 saturated heterocycles. The van der Waals surface area contributed by atoms with Crippen molar-refractivity contribution in [3.05, 3.63) is 0 Å². The Labute approximate surface area is 77.9 Å². The van der Waals surface area contributed by atoms with E-state index in [1.165, 1.54) is 0 Å². The van der Waals surface area contributed by atoms with E-state index in [1.54, 1.807) is 20.8 Å². The average molecular weight is 190 g/mol. The maximum absolute atomic E-state index is 10.4. The molecule has 0 aromatic rings. The van der Waals surface area contributed by atoms with Gasteiger partial charge in [0, 0.05) is 12.6 Å². The third-order valence-electron chi connectivity index (χ3n) is 2.01. The Morgan fingerprint density at radius 1 is 1.62 bits per heavy atom. The van der Waals surface area contributed by atoms with Crippen molar-refractivity contribution in [1.82, 2.24) is 5.32 Å². The molecule has 0 bridgehead atoms. The second-order valence-electron chi connectivity index (χ2n) is 3.70. The van der Waals surface area contributed by atoms with E-state index in [0.717, 1.165) is 0 Å². The van der Waals surface area contributed by atoms with Crippen molar-refractivity contribution in [2.45, 2.75) is 38.5 Å². The Kier molecular flexibility index (Phi) is 4.32. The fraction of sp³-hybridized carbons (Fsp3) is 0.875. The van der Waals surface area contributed by atoms with E-state index in [0.29, 0.717) is 0 Å². The van der Waals surface area contributed by atoms with Gasteiger partial charge in [-0.15, -0.1) is 0 Å². The van der Waals surface area contributed by atoms with Crippen LogP contribution in [0.2, 0.25) is 0 Å². The first kappa shape index (κ1) is 12.3. The lowest BCUT2D eigenvalue weighted by Crippen LogP contribution is -2.49. The molecule has 0 aliphatic heterocycles. The highest BCUT2D eigenvalue weighted by atomic mass is 16.3. The lowest BCUT2D eigenvalue weighted by Gasteiger charge is -2.27. The highest BCUT2D eigenvalue weighted by Gasteiger charge is 2.23. The summed E-state index contributed by atoms with van der Waals surface area (Å²) in [7, 11) is 0. The number of carbonyl (C=O) groups is 1. The summed E-state index contributed by atoms with van der Waals surface area (Å²) in [4.78, 5) is 10.4. The van der Waals surface area contributed by atoms with E-state index < -0.39 is 17.6 Å². The number of primary amides is 1. The summed E-state index contributed by atoms with van der Waals surface area (Å²) in [5, 5.41) is 21.3. The largest absolute Gasteiger partial charge is 0.389 e. The number of rotatable bonds is 5. The molecule has 0 radical (unpaired) electrons. The molecule has 5 nitrogen and oxygen atoms in total. The van der Waals surface area contributed by atoms with Gasteiger partial charge in [0.1, 0.15) is 6.10 Å². The van der Waals surface area contributed by atoms with Gasteiger partial charge in [-0.25, -0.2) is 0 Å². The predicted octanol–water partition coefficient (Wildman–Crippen LogP) is -1.42. The second-order valence-corrected chi connectivity index (χ2v) is 3.70. The maximum atomic E-state index is 10.4. The van der Waals surface area contributed by atoms with Gasteiger partial charge in [-0.05, 0) is 20.8 Å². The monoisotopic (exact) mass is 190 g/mol. The van der Waals surface area contributed by atoms with Crippen LogP contribution in [0.15, 0.2) is 0 Å². The zero-order chi connectivity index (χ0) is 10.6. The highest BCUT2D eigenvalue weighted by molar-refractivity contribution is 5.78. The highest BCUT2D eigenvalue weighted by Crippen LogP contribution is 2.06. The summed E-state index contributed by atoms with van der Waals surface area (Å²) in [5.41, 5.74) is 3.95. The molecule has 0 aromatic carbocycles. The lowest BCUT2D eigenvalue weighted by molar-refractivity contribution is -0.126. The molecule has 0 fully saturated rings. The van der Waals surface area contributed by atoms with Gasteiger partial charge in [-0.3, -0.25) is 4.79 Å². The van der Waals surface area contributed by atoms with E-state index in [9.17, 15) is 9.90 Å². The number of aliphatic hydroxyl groups is 2. The first-order valence-electron chi connectivity index (χ1n) is 4.18. The van der Waals surface area contributed by atoms with Crippen LogP contribution in [-0.2, 0) is 4.79 Å². The Hall–Kier alpha value is -0.650. The quantitative estimate of drug-likeness (QED) is 0.428. The minimum absolute atomic E-state index is 0.0560. The fourth-order valence-corrected chi connectivity index (χ4v) is 0.639. The smallest absolute Gasteiger partial charge is 0.247 e. The SMILES string of the molecule is CC(NCC(O)C(N)=O)C(C)(C)O. The summed E-state index contributed by atoms with van der Waals surface area (Å²) in [6.45, 7) is 5.09. The van der Waals surface area contributed by atoms with Gasteiger partial charge >= 0.3 is 0 Å². The normalized spacial score (nSPS) is 16.7. The third-order valence-corrected chi connectivity index (χ3v) is 2.01. The van der Waals surface area contributed by atoms with Gasteiger partial charge in [0.15, 0.2) is 0 Å². The Morgan fingerprint density at radius 2 is 2.08 bits per heavy atom. The molecule has 2 unspecified atom stereocenters. The molecule has 0 spiro atoms. The van der Waals surface area contributed by atoms with Crippen LogP contribution in [0, 0.1) is 0 Å². The van der Waals surface area contributed by atoms with Crippen LogP contribution in [-0.4, -0.2) is 40.4 Å². The molecule has 0 aliphatic carbocycles. The third kappa shape index (κ3) is 4.82. The summed E-state index contributed by atoms with van der Waals surface area (Å²) in [6, 6.07) is -0.221. The maximum Gasteiger partial charge on any atom is 0.247 e. The summed E-state index contributed by atoms with van der Waals surface area (Å²) >= 11 is 0. The molecule has 5 N–H and O–H groups in total. The van der Waals surface area contributed by atoms with E-state index in [1.807, 2.05) is 0 Å². The molecular weight excluding hydrogens is 172 g/mol. The molecule has 0 aliphatic rings. The zero-order valence-corrected chi connectivity index (χ0v) is 8.24. The Morgan fingerprint density at radius 3 is 2.38 bits per heavy atom. The van der Waals surface area contributed by atoms with Crippen LogP contribution in [0.4, 0.5) is 0 Å². The molecule has 0 aromatic heterocycles. The van der Waals surface area contributed by atoms with Crippen molar-refractivity contribution in [2.24, 2.45) is 5.73 Å². The van der Waals surface area contributed by atoms with Crippen molar-refractivity contribution in [1.29, 1.82) is 0 Å². The minimum atomic E-state index is -1.20. The van der Waals surface area contributed by atoms with E-state index >= 15 is 0 Å². The van der Waals surface area contributed by atoms with Gasteiger partial charge in [0.05, 0.1) is 5.60 Å². The van der Waals surface area contributed by atoms with Gasteiger partial charge in [-0.2, -0.15) is 0 Å². The average Bonchev–Trinajstić information content (AvgIpc) is 1.97. The number of amides is 1. The Bertz CT molecular complexity index is 177. The van der Waals surface area contributed by atoms with Crippen LogP contribution in [0.3, 0.4) is 0 Å². The van der Waals surface area contributed by atoms with Crippen molar-refractivity contribution in [3.63, 3.8) is 0 Å². The lowest BCUT2D eigenvalue weighted by atomic mass is 10.0. The summed E-state index contributed by atoms with van der Waals surface area (Å²) in [6.07, 6.45) is -1.20. The van der Waals surface area contributed by atoms with Crippen molar-refractivity contribution in [2.75, 3.05) is 6.54 Å². The zero-order valence-electron chi connectivity index (χ0n) is 8.24. The first-order chi connectivity index (χ1) is 5.75. The standard InChI is InChI=1S/C8H18N2O3/c1-5(8(2,3)13)10-4-6(11)7(9)12/h5-6,10-11,13H,4H2,1-3H3,(H2,9,12). The van der Waals surface area contributed by atoms with Crippen LogP contribution in [0.25, 0.3) is 0 Å². The number of nitrogens with two attached hydrogens (primary N) is 1. The van der Waals surface area contributed by atoms with Gasteiger partial charge in [0.2, 0.25) is 5.91 Å². The molecule has 2 atom stereocenters. The topological polar surface area (TPSA) is 95.6 Å². The summed E-state index contributed by atoms with van der Waals surface area (Å²) < 4.78 is 0. The molecule has 13 heavy (non-hydrogen) atoms. The van der Waals surface area contributed by atoms with Crippen molar-refractivity contribution >= 4 is 5.91 Å². The second kappa shape index (κ2) is 4.55. The van der Waals surface area contributed by atoms with Crippen LogP contribution >= 0.6 is 0 Å². The van der Waals surface area contributed by atoms with Crippen LogP contribution in [0.1, 0.15) is 20.8 Å².